The number of nitro benzene ring substituents is 1. The highest BCUT2D eigenvalue weighted by Crippen LogP contribution is 2.31. The van der Waals surface area contributed by atoms with Gasteiger partial charge in [-0.2, -0.15) is 0 Å². The molecular weight excluding hydrogens is 432 g/mol. The van der Waals surface area contributed by atoms with Gasteiger partial charge in [-0.05, 0) is 42.5 Å². The highest BCUT2D eigenvalue weighted by molar-refractivity contribution is 7.22. The van der Waals surface area contributed by atoms with Crippen LogP contribution in [0.2, 0.25) is 0 Å². The Morgan fingerprint density at radius 1 is 1.12 bits per heavy atom. The van der Waals surface area contributed by atoms with E-state index in [9.17, 15) is 19.7 Å². The van der Waals surface area contributed by atoms with Gasteiger partial charge in [0.2, 0.25) is 11.8 Å². The van der Waals surface area contributed by atoms with Crippen LogP contribution in [0.5, 0.6) is 0 Å². The van der Waals surface area contributed by atoms with E-state index in [1.807, 2.05) is 0 Å². The van der Waals surface area contributed by atoms with Crippen molar-refractivity contribution in [1.82, 2.24) is 4.98 Å². The van der Waals surface area contributed by atoms with Crippen molar-refractivity contribution < 1.29 is 18.9 Å². The minimum absolute atomic E-state index is 0.0624. The number of para-hydroxylation sites is 1. The molecule has 2 heterocycles. The van der Waals surface area contributed by atoms with E-state index in [0.29, 0.717) is 33.4 Å². The number of hydrogen-bond acceptors (Lipinski definition) is 7. The largest absolute Gasteiger partial charge is 0.456 e. The standard InChI is InChI=1S/C22H16N4O5S/c1-13(27)23-14-6-9-17-20(12-14)32-22(24-17)25-21(28)11-8-15-7-10-19(31-15)16-4-2-3-5-18(16)26(29)30/h2-12H,1H3,(H,23,27)(H,24,25,28)/b11-8+. The van der Waals surface area contributed by atoms with E-state index in [1.54, 1.807) is 48.5 Å². The van der Waals surface area contributed by atoms with Gasteiger partial charge in [0.1, 0.15) is 11.5 Å². The fraction of sp³-hybridized carbons (Fsp3) is 0.0455. The Hall–Kier alpha value is -4.31. The van der Waals surface area contributed by atoms with Gasteiger partial charge >= 0.3 is 0 Å². The van der Waals surface area contributed by atoms with E-state index in [-0.39, 0.29) is 11.6 Å². The number of thiazole rings is 1. The van der Waals surface area contributed by atoms with Gasteiger partial charge in [0.15, 0.2) is 5.13 Å². The summed E-state index contributed by atoms with van der Waals surface area (Å²) < 4.78 is 6.45. The highest BCUT2D eigenvalue weighted by Gasteiger charge is 2.16. The van der Waals surface area contributed by atoms with Gasteiger partial charge in [0, 0.05) is 24.8 Å². The summed E-state index contributed by atoms with van der Waals surface area (Å²) in [4.78, 5) is 38.5. The molecule has 0 aliphatic heterocycles. The molecule has 0 bridgehead atoms. The Balaban J connectivity index is 1.45. The maximum Gasteiger partial charge on any atom is 0.280 e. The predicted molar refractivity (Wildman–Crippen MR) is 122 cm³/mol. The minimum Gasteiger partial charge on any atom is -0.456 e. The second-order valence-electron chi connectivity index (χ2n) is 6.68. The van der Waals surface area contributed by atoms with Gasteiger partial charge in [0.25, 0.3) is 5.69 Å². The summed E-state index contributed by atoms with van der Waals surface area (Å²) in [6.45, 7) is 1.43. The number of aromatic nitrogens is 1. The first-order chi connectivity index (χ1) is 15.4. The smallest absolute Gasteiger partial charge is 0.280 e. The minimum atomic E-state index is -0.474. The van der Waals surface area contributed by atoms with Crippen molar-refractivity contribution in [3.05, 3.63) is 76.5 Å². The summed E-state index contributed by atoms with van der Waals surface area (Å²) in [5.41, 5.74) is 1.64. The number of benzene rings is 2. The molecule has 0 unspecified atom stereocenters. The maximum atomic E-state index is 12.3. The van der Waals surface area contributed by atoms with Gasteiger partial charge in [0.05, 0.1) is 20.7 Å². The summed E-state index contributed by atoms with van der Waals surface area (Å²) in [7, 11) is 0. The number of fused-ring (bicyclic) bond motifs is 1. The molecule has 10 heteroatoms. The normalized spacial score (nSPS) is 11.0. The van der Waals surface area contributed by atoms with E-state index in [2.05, 4.69) is 15.6 Å². The molecule has 0 aliphatic rings. The molecule has 0 atom stereocenters. The number of anilines is 2. The molecule has 0 saturated heterocycles. The summed E-state index contributed by atoms with van der Waals surface area (Å²) in [5, 5.41) is 17.0. The molecule has 160 valence electrons. The number of rotatable bonds is 6. The van der Waals surface area contributed by atoms with E-state index in [1.165, 1.54) is 36.5 Å². The molecule has 9 nitrogen and oxygen atoms in total. The fourth-order valence-electron chi connectivity index (χ4n) is 2.99. The molecule has 0 saturated carbocycles. The number of hydrogen-bond donors (Lipinski definition) is 2. The number of carbonyl (C=O) groups is 2. The number of nitrogens with one attached hydrogen (secondary N) is 2. The molecule has 0 radical (unpaired) electrons. The molecule has 4 rings (SSSR count). The van der Waals surface area contributed by atoms with Crippen LogP contribution in [0.1, 0.15) is 12.7 Å². The Morgan fingerprint density at radius 2 is 1.94 bits per heavy atom. The lowest BCUT2D eigenvalue weighted by Crippen LogP contribution is -2.07. The van der Waals surface area contributed by atoms with Gasteiger partial charge in [-0.1, -0.05) is 23.5 Å². The van der Waals surface area contributed by atoms with Crippen molar-refractivity contribution in [2.75, 3.05) is 10.6 Å². The number of furan rings is 1. The Bertz CT molecular complexity index is 1370. The van der Waals surface area contributed by atoms with Crippen molar-refractivity contribution >= 4 is 56.0 Å². The second kappa shape index (κ2) is 8.82. The Labute approximate surface area is 185 Å². The lowest BCUT2D eigenvalue weighted by molar-refractivity contribution is -0.384. The molecule has 2 aromatic heterocycles. The van der Waals surface area contributed by atoms with Crippen molar-refractivity contribution in [3.63, 3.8) is 0 Å². The third kappa shape index (κ3) is 4.71. The zero-order chi connectivity index (χ0) is 22.7. The Kier molecular flexibility index (Phi) is 5.77. The predicted octanol–water partition coefficient (Wildman–Crippen LogP) is 5.07. The van der Waals surface area contributed by atoms with Crippen LogP contribution in [0.4, 0.5) is 16.5 Å². The molecule has 0 aliphatic carbocycles. The van der Waals surface area contributed by atoms with Gasteiger partial charge in [-0.15, -0.1) is 0 Å². The topological polar surface area (TPSA) is 127 Å². The SMILES string of the molecule is CC(=O)Nc1ccc2nc(NC(=O)/C=C/c3ccc(-c4ccccc4[N+](=O)[O-])o3)sc2c1. The summed E-state index contributed by atoms with van der Waals surface area (Å²) in [6, 6.07) is 14.8. The van der Waals surface area contributed by atoms with Gasteiger partial charge in [-0.3, -0.25) is 25.0 Å². The van der Waals surface area contributed by atoms with Crippen LogP contribution in [0.25, 0.3) is 27.6 Å². The van der Waals surface area contributed by atoms with Crippen molar-refractivity contribution in [2.24, 2.45) is 0 Å². The van der Waals surface area contributed by atoms with E-state index in [0.717, 1.165) is 4.70 Å². The zero-order valence-corrected chi connectivity index (χ0v) is 17.5. The van der Waals surface area contributed by atoms with Crippen molar-refractivity contribution in [1.29, 1.82) is 0 Å². The van der Waals surface area contributed by atoms with Gasteiger partial charge < -0.3 is 9.73 Å². The third-order valence-corrected chi connectivity index (χ3v) is 5.26. The number of carbonyl (C=O) groups excluding carboxylic acids is 2. The molecule has 2 aromatic carbocycles. The molecule has 0 fully saturated rings. The molecule has 2 amide bonds. The Morgan fingerprint density at radius 3 is 2.72 bits per heavy atom. The monoisotopic (exact) mass is 448 g/mol. The van der Waals surface area contributed by atoms with Crippen LogP contribution in [0.15, 0.2) is 65.1 Å². The second-order valence-corrected chi connectivity index (χ2v) is 7.71. The molecular formula is C22H16N4O5S. The van der Waals surface area contributed by atoms with Crippen LogP contribution in [0.3, 0.4) is 0 Å². The highest BCUT2D eigenvalue weighted by atomic mass is 32.1. The maximum absolute atomic E-state index is 12.3. The quantitative estimate of drug-likeness (QED) is 0.241. The van der Waals surface area contributed by atoms with Crippen LogP contribution in [-0.2, 0) is 9.59 Å². The zero-order valence-electron chi connectivity index (χ0n) is 16.7. The average molecular weight is 448 g/mol. The molecule has 4 aromatic rings. The van der Waals surface area contributed by atoms with Crippen molar-refractivity contribution in [3.8, 4) is 11.3 Å². The molecule has 32 heavy (non-hydrogen) atoms. The van der Waals surface area contributed by atoms with E-state index >= 15 is 0 Å². The lowest BCUT2D eigenvalue weighted by Gasteiger charge is -1.99. The summed E-state index contributed by atoms with van der Waals surface area (Å²) in [6.07, 6.45) is 2.76. The fourth-order valence-corrected chi connectivity index (χ4v) is 3.90. The number of amides is 2. The number of nitrogens with zero attached hydrogens (tertiary/aromatic N) is 2. The van der Waals surface area contributed by atoms with Gasteiger partial charge in [-0.25, -0.2) is 4.98 Å². The van der Waals surface area contributed by atoms with E-state index in [4.69, 9.17) is 4.42 Å². The first-order valence-electron chi connectivity index (χ1n) is 9.40. The van der Waals surface area contributed by atoms with Crippen LogP contribution in [0, 0.1) is 10.1 Å². The first-order valence-corrected chi connectivity index (χ1v) is 10.2. The summed E-state index contributed by atoms with van der Waals surface area (Å²) in [5.74, 6) is 0.126. The van der Waals surface area contributed by atoms with Crippen LogP contribution < -0.4 is 10.6 Å². The molecule has 0 spiro atoms. The van der Waals surface area contributed by atoms with Crippen molar-refractivity contribution in [2.45, 2.75) is 6.92 Å². The third-order valence-electron chi connectivity index (χ3n) is 4.33. The lowest BCUT2D eigenvalue weighted by atomic mass is 10.1. The van der Waals surface area contributed by atoms with Crippen LogP contribution in [-0.4, -0.2) is 21.7 Å². The average Bonchev–Trinajstić information content (AvgIpc) is 3.38. The van der Waals surface area contributed by atoms with Crippen LogP contribution >= 0.6 is 11.3 Å². The molecule has 2 N–H and O–H groups in total. The first kappa shape index (κ1) is 20.9. The summed E-state index contributed by atoms with van der Waals surface area (Å²) >= 11 is 1.28. The number of nitro groups is 1. The van der Waals surface area contributed by atoms with E-state index < -0.39 is 10.8 Å².